The second-order valence-electron chi connectivity index (χ2n) is 5.23. The fraction of sp³-hybridized carbons (Fsp3) is 0.125. The van der Waals surface area contributed by atoms with Crippen molar-refractivity contribution in [2.24, 2.45) is 0 Å². The van der Waals surface area contributed by atoms with Crippen molar-refractivity contribution in [3.63, 3.8) is 0 Å². The van der Waals surface area contributed by atoms with Gasteiger partial charge in [0.1, 0.15) is 5.82 Å². The van der Waals surface area contributed by atoms with Crippen LogP contribution in [0.15, 0.2) is 36.4 Å². The fourth-order valence-corrected chi connectivity index (χ4v) is 3.22. The summed E-state index contributed by atoms with van der Waals surface area (Å²) >= 11 is 11.9. The summed E-state index contributed by atoms with van der Waals surface area (Å²) in [5.41, 5.74) is -1.53. The molecule has 0 aliphatic carbocycles. The Hall–Kier alpha value is -1.95. The minimum Gasteiger partial charge on any atom is -0.375 e. The number of rotatable bonds is 3. The molecule has 1 atom stereocenters. The Morgan fingerprint density at radius 2 is 1.87 bits per heavy atom. The number of aliphatic hydroxyl groups is 1. The van der Waals surface area contributed by atoms with Gasteiger partial charge in [-0.3, -0.25) is 9.59 Å². The predicted octanol–water partition coefficient (Wildman–Crippen LogP) is 3.55. The predicted molar refractivity (Wildman–Crippen MR) is 84.3 cm³/mol. The second kappa shape index (κ2) is 5.60. The highest BCUT2D eigenvalue weighted by Gasteiger charge is 2.48. The van der Waals surface area contributed by atoms with E-state index in [1.807, 2.05) is 0 Å². The standard InChI is InChI=1S/C16H10Cl2FNO3/c17-9-5-11(18)14-12(6-9)20-15(22)16(14,23)7-13(21)8-1-3-10(19)4-2-8/h1-6,23H,7H2,(H,20,22)/t16-/m1/s1. The van der Waals surface area contributed by atoms with Gasteiger partial charge in [0.15, 0.2) is 11.4 Å². The molecule has 0 saturated carbocycles. The molecule has 118 valence electrons. The van der Waals surface area contributed by atoms with Crippen LogP contribution in [0.25, 0.3) is 0 Å². The van der Waals surface area contributed by atoms with Crippen molar-refractivity contribution < 1.29 is 19.1 Å². The van der Waals surface area contributed by atoms with Crippen LogP contribution in [0.5, 0.6) is 0 Å². The molecule has 2 aromatic rings. The maximum Gasteiger partial charge on any atom is 0.261 e. The quantitative estimate of drug-likeness (QED) is 0.829. The van der Waals surface area contributed by atoms with E-state index in [-0.39, 0.29) is 21.8 Å². The van der Waals surface area contributed by atoms with Crippen LogP contribution in [0.2, 0.25) is 10.0 Å². The average Bonchev–Trinajstić information content (AvgIpc) is 2.70. The first-order valence-electron chi connectivity index (χ1n) is 6.63. The summed E-state index contributed by atoms with van der Waals surface area (Å²) in [5, 5.41) is 13.6. The Morgan fingerprint density at radius 1 is 1.22 bits per heavy atom. The summed E-state index contributed by atoms with van der Waals surface area (Å²) in [6.45, 7) is 0. The molecule has 1 aliphatic heterocycles. The molecule has 1 amide bonds. The number of benzene rings is 2. The Morgan fingerprint density at radius 3 is 2.52 bits per heavy atom. The molecule has 2 aromatic carbocycles. The third kappa shape index (κ3) is 2.72. The summed E-state index contributed by atoms with van der Waals surface area (Å²) < 4.78 is 12.9. The average molecular weight is 354 g/mol. The molecule has 0 spiro atoms. The van der Waals surface area contributed by atoms with E-state index in [2.05, 4.69) is 5.32 Å². The van der Waals surface area contributed by atoms with Crippen molar-refractivity contribution >= 4 is 40.6 Å². The minimum absolute atomic E-state index is 0.0836. The van der Waals surface area contributed by atoms with Gasteiger partial charge >= 0.3 is 0 Å². The topological polar surface area (TPSA) is 66.4 Å². The Bertz CT molecular complexity index is 823. The number of carbonyl (C=O) groups excluding carboxylic acids is 2. The highest BCUT2D eigenvalue weighted by atomic mass is 35.5. The maximum atomic E-state index is 12.9. The molecule has 1 heterocycles. The van der Waals surface area contributed by atoms with Crippen LogP contribution in [0.1, 0.15) is 22.3 Å². The SMILES string of the molecule is O=C(C[C@]1(O)C(=O)Nc2cc(Cl)cc(Cl)c21)c1ccc(F)cc1. The second-order valence-corrected chi connectivity index (χ2v) is 6.08. The first kappa shape index (κ1) is 15.9. The van der Waals surface area contributed by atoms with Crippen molar-refractivity contribution in [3.05, 3.63) is 63.4 Å². The fourth-order valence-electron chi connectivity index (χ4n) is 2.57. The van der Waals surface area contributed by atoms with E-state index in [4.69, 9.17) is 23.2 Å². The van der Waals surface area contributed by atoms with Gasteiger partial charge in [-0.1, -0.05) is 23.2 Å². The number of ketones is 1. The van der Waals surface area contributed by atoms with Gasteiger partial charge in [-0.25, -0.2) is 4.39 Å². The molecule has 0 bridgehead atoms. The van der Waals surface area contributed by atoms with Crippen LogP contribution < -0.4 is 5.32 Å². The van der Waals surface area contributed by atoms with Crippen molar-refractivity contribution in [1.82, 2.24) is 0 Å². The van der Waals surface area contributed by atoms with E-state index in [1.54, 1.807) is 0 Å². The lowest BCUT2D eigenvalue weighted by Gasteiger charge is -2.21. The first-order valence-corrected chi connectivity index (χ1v) is 7.39. The van der Waals surface area contributed by atoms with Crippen LogP contribution in [0.3, 0.4) is 0 Å². The van der Waals surface area contributed by atoms with Crippen LogP contribution in [-0.4, -0.2) is 16.8 Å². The first-order chi connectivity index (χ1) is 10.8. The lowest BCUT2D eigenvalue weighted by molar-refractivity contribution is -0.133. The number of nitrogens with one attached hydrogen (secondary N) is 1. The van der Waals surface area contributed by atoms with E-state index in [0.29, 0.717) is 5.02 Å². The van der Waals surface area contributed by atoms with Crippen molar-refractivity contribution in [1.29, 1.82) is 0 Å². The van der Waals surface area contributed by atoms with Gasteiger partial charge in [-0.05, 0) is 36.4 Å². The molecule has 0 fully saturated rings. The Labute approximate surface area is 140 Å². The number of carbonyl (C=O) groups is 2. The number of hydrogen-bond acceptors (Lipinski definition) is 3. The van der Waals surface area contributed by atoms with Crippen LogP contribution in [0, 0.1) is 5.82 Å². The molecule has 0 radical (unpaired) electrons. The molecule has 23 heavy (non-hydrogen) atoms. The van der Waals surface area contributed by atoms with Gasteiger partial charge in [-0.2, -0.15) is 0 Å². The molecule has 3 rings (SSSR count). The Kier molecular flexibility index (Phi) is 3.88. The van der Waals surface area contributed by atoms with E-state index in [1.165, 1.54) is 24.3 Å². The van der Waals surface area contributed by atoms with Crippen LogP contribution in [-0.2, 0) is 10.4 Å². The van der Waals surface area contributed by atoms with E-state index >= 15 is 0 Å². The van der Waals surface area contributed by atoms with Gasteiger partial charge in [0, 0.05) is 16.1 Å². The highest BCUT2D eigenvalue weighted by molar-refractivity contribution is 6.36. The van der Waals surface area contributed by atoms with Gasteiger partial charge in [0.05, 0.1) is 17.1 Å². The van der Waals surface area contributed by atoms with Gasteiger partial charge in [0.2, 0.25) is 0 Å². The lowest BCUT2D eigenvalue weighted by atomic mass is 9.88. The molecular formula is C16H10Cl2FNO3. The molecule has 7 heteroatoms. The summed E-state index contributed by atoms with van der Waals surface area (Å²) in [6.07, 6.45) is -0.515. The largest absolute Gasteiger partial charge is 0.375 e. The third-order valence-electron chi connectivity index (χ3n) is 3.68. The smallest absolute Gasteiger partial charge is 0.261 e. The Balaban J connectivity index is 1.98. The van der Waals surface area contributed by atoms with E-state index in [0.717, 1.165) is 12.1 Å². The third-order valence-corrected chi connectivity index (χ3v) is 4.19. The number of anilines is 1. The van der Waals surface area contributed by atoms with Crippen molar-refractivity contribution in [2.45, 2.75) is 12.0 Å². The molecule has 1 aliphatic rings. The summed E-state index contributed by atoms with van der Waals surface area (Å²) in [7, 11) is 0. The molecule has 0 aromatic heterocycles. The zero-order chi connectivity index (χ0) is 16.8. The minimum atomic E-state index is -2.09. The van der Waals surface area contributed by atoms with Crippen molar-refractivity contribution in [2.75, 3.05) is 5.32 Å². The van der Waals surface area contributed by atoms with E-state index in [9.17, 15) is 19.1 Å². The molecule has 4 nitrogen and oxygen atoms in total. The van der Waals surface area contributed by atoms with E-state index < -0.39 is 29.5 Å². The number of hydrogen-bond donors (Lipinski definition) is 2. The number of halogens is 3. The molecule has 2 N–H and O–H groups in total. The normalized spacial score (nSPS) is 19.4. The molecule has 0 unspecified atom stereocenters. The maximum absolute atomic E-state index is 12.9. The molecule has 0 saturated heterocycles. The van der Waals surface area contributed by atoms with Gasteiger partial charge in [0.25, 0.3) is 5.91 Å². The van der Waals surface area contributed by atoms with Gasteiger partial charge < -0.3 is 10.4 Å². The zero-order valence-electron chi connectivity index (χ0n) is 11.6. The van der Waals surface area contributed by atoms with Crippen LogP contribution >= 0.6 is 23.2 Å². The monoisotopic (exact) mass is 353 g/mol. The number of fused-ring (bicyclic) bond motifs is 1. The number of amides is 1. The number of Topliss-reactive ketones (excluding diaryl/α,β-unsaturated/α-hetero) is 1. The summed E-state index contributed by atoms with van der Waals surface area (Å²) in [6, 6.07) is 7.67. The lowest BCUT2D eigenvalue weighted by Crippen LogP contribution is -2.36. The van der Waals surface area contributed by atoms with Crippen LogP contribution in [0.4, 0.5) is 10.1 Å². The highest BCUT2D eigenvalue weighted by Crippen LogP contribution is 2.44. The molecular weight excluding hydrogens is 344 g/mol. The summed E-state index contributed by atoms with van der Waals surface area (Å²) in [4.78, 5) is 24.5. The zero-order valence-corrected chi connectivity index (χ0v) is 13.1. The van der Waals surface area contributed by atoms with Crippen molar-refractivity contribution in [3.8, 4) is 0 Å². The summed E-state index contributed by atoms with van der Waals surface area (Å²) in [5.74, 6) is -1.75. The van der Waals surface area contributed by atoms with Gasteiger partial charge in [-0.15, -0.1) is 0 Å².